The average Bonchev–Trinajstić information content (AvgIpc) is 2.04. The third kappa shape index (κ3) is 1.02. The molecule has 0 aromatic heterocycles. The molecule has 3 rings (SSSR count). The highest BCUT2D eigenvalue weighted by molar-refractivity contribution is 5.60. The van der Waals surface area contributed by atoms with Crippen molar-refractivity contribution >= 4 is 6.29 Å². The Labute approximate surface area is 66.7 Å². The molecule has 11 heavy (non-hydrogen) atoms. The lowest BCUT2D eigenvalue weighted by molar-refractivity contribution is -0.111. The van der Waals surface area contributed by atoms with Gasteiger partial charge in [0, 0.05) is 12.0 Å². The summed E-state index contributed by atoms with van der Waals surface area (Å²) in [6.07, 6.45) is 4.48. The van der Waals surface area contributed by atoms with Crippen molar-refractivity contribution < 1.29 is 4.79 Å². The minimum atomic E-state index is 0.0648. The van der Waals surface area contributed by atoms with E-state index in [0.717, 1.165) is 19.1 Å². The van der Waals surface area contributed by atoms with Crippen LogP contribution >= 0.6 is 0 Å². The SMILES string of the molecule is C=C1C[C@@H]2CC[C@H]1[C@@H](C=O)N2. The van der Waals surface area contributed by atoms with Gasteiger partial charge in [0.2, 0.25) is 0 Å². The number of rotatable bonds is 1. The normalized spacial score (nSPS) is 42.5. The number of carbonyl (C=O) groups excluding carboxylic acids is 1. The number of fused-ring (bicyclic) bond motifs is 3. The Kier molecular flexibility index (Phi) is 1.57. The fourth-order valence-electron chi connectivity index (χ4n) is 2.25. The molecule has 1 saturated carbocycles. The van der Waals surface area contributed by atoms with Crippen molar-refractivity contribution in [3.05, 3.63) is 12.2 Å². The van der Waals surface area contributed by atoms with E-state index in [9.17, 15) is 4.79 Å². The van der Waals surface area contributed by atoms with E-state index in [1.165, 1.54) is 12.0 Å². The highest BCUT2D eigenvalue weighted by atomic mass is 16.1. The molecule has 2 heterocycles. The van der Waals surface area contributed by atoms with Crippen molar-refractivity contribution in [2.45, 2.75) is 31.3 Å². The predicted octanol–water partition coefficient (Wildman–Crippen LogP) is 0.882. The first-order valence-corrected chi connectivity index (χ1v) is 4.20. The van der Waals surface area contributed by atoms with E-state index in [0.29, 0.717) is 12.0 Å². The Morgan fingerprint density at radius 3 is 2.82 bits per heavy atom. The van der Waals surface area contributed by atoms with Gasteiger partial charge in [0.05, 0.1) is 6.04 Å². The van der Waals surface area contributed by atoms with Crippen LogP contribution < -0.4 is 5.32 Å². The molecule has 0 unspecified atom stereocenters. The summed E-state index contributed by atoms with van der Waals surface area (Å²) in [4.78, 5) is 10.6. The molecular formula is C9H13NO. The summed E-state index contributed by atoms with van der Waals surface area (Å²) in [6.45, 7) is 4.00. The quantitative estimate of drug-likeness (QED) is 0.445. The molecule has 2 aliphatic heterocycles. The molecule has 2 saturated heterocycles. The van der Waals surface area contributed by atoms with Gasteiger partial charge in [0.15, 0.2) is 0 Å². The highest BCUT2D eigenvalue weighted by Gasteiger charge is 2.36. The van der Waals surface area contributed by atoms with Gasteiger partial charge in [-0.1, -0.05) is 12.2 Å². The maximum absolute atomic E-state index is 10.6. The molecule has 2 bridgehead atoms. The molecule has 60 valence electrons. The molecule has 3 fully saturated rings. The Morgan fingerprint density at radius 2 is 2.36 bits per heavy atom. The van der Waals surface area contributed by atoms with Crippen molar-refractivity contribution in [2.75, 3.05) is 0 Å². The topological polar surface area (TPSA) is 29.1 Å². The van der Waals surface area contributed by atoms with Gasteiger partial charge in [-0.15, -0.1) is 0 Å². The second-order valence-corrected chi connectivity index (χ2v) is 3.57. The summed E-state index contributed by atoms with van der Waals surface area (Å²) in [5.74, 6) is 0.428. The number of piperidine rings is 2. The standard InChI is InChI=1S/C9H13NO/c1-6-4-7-2-3-8(6)9(5-11)10-7/h5,7-10H,1-4H2/t7-,8+,9+/m0/s1. The molecule has 3 atom stereocenters. The van der Waals surface area contributed by atoms with Crippen LogP contribution in [0.15, 0.2) is 12.2 Å². The molecular weight excluding hydrogens is 138 g/mol. The fraction of sp³-hybridized carbons (Fsp3) is 0.667. The van der Waals surface area contributed by atoms with Crippen molar-refractivity contribution in [3.63, 3.8) is 0 Å². The summed E-state index contributed by atoms with van der Waals surface area (Å²) in [6, 6.07) is 0.595. The first kappa shape index (κ1) is 7.04. The Morgan fingerprint density at radius 1 is 1.55 bits per heavy atom. The lowest BCUT2D eigenvalue weighted by Crippen LogP contribution is -2.53. The van der Waals surface area contributed by atoms with Gasteiger partial charge in [-0.05, 0) is 19.3 Å². The van der Waals surface area contributed by atoms with Gasteiger partial charge < -0.3 is 10.1 Å². The molecule has 0 amide bonds. The molecule has 0 aromatic rings. The summed E-state index contributed by atoms with van der Waals surface area (Å²) in [7, 11) is 0. The minimum Gasteiger partial charge on any atom is -0.304 e. The number of carbonyl (C=O) groups is 1. The van der Waals surface area contributed by atoms with Gasteiger partial charge in [-0.2, -0.15) is 0 Å². The van der Waals surface area contributed by atoms with Crippen LogP contribution in [-0.2, 0) is 4.79 Å². The second-order valence-electron chi connectivity index (χ2n) is 3.57. The van der Waals surface area contributed by atoms with E-state index in [1.807, 2.05) is 0 Å². The molecule has 3 aliphatic rings. The van der Waals surface area contributed by atoms with E-state index in [2.05, 4.69) is 11.9 Å². The van der Waals surface area contributed by atoms with Crippen molar-refractivity contribution in [1.29, 1.82) is 0 Å². The van der Waals surface area contributed by atoms with E-state index in [4.69, 9.17) is 0 Å². The molecule has 2 nitrogen and oxygen atoms in total. The van der Waals surface area contributed by atoms with Crippen LogP contribution in [0.25, 0.3) is 0 Å². The van der Waals surface area contributed by atoms with Crippen LogP contribution in [-0.4, -0.2) is 18.4 Å². The lowest BCUT2D eigenvalue weighted by Gasteiger charge is -2.42. The smallest absolute Gasteiger partial charge is 0.137 e. The number of aldehydes is 1. The first-order chi connectivity index (χ1) is 5.31. The third-order valence-corrected chi connectivity index (χ3v) is 2.87. The van der Waals surface area contributed by atoms with Gasteiger partial charge in [-0.25, -0.2) is 0 Å². The molecule has 2 heteroatoms. The zero-order valence-corrected chi connectivity index (χ0v) is 6.55. The Bertz CT molecular complexity index is 200. The van der Waals surface area contributed by atoms with Crippen molar-refractivity contribution in [2.24, 2.45) is 5.92 Å². The summed E-state index contributed by atoms with van der Waals surface area (Å²) < 4.78 is 0. The van der Waals surface area contributed by atoms with Gasteiger partial charge >= 0.3 is 0 Å². The molecule has 1 N–H and O–H groups in total. The number of hydrogen-bond donors (Lipinski definition) is 1. The van der Waals surface area contributed by atoms with E-state index in [1.54, 1.807) is 0 Å². The Hall–Kier alpha value is -0.630. The van der Waals surface area contributed by atoms with E-state index >= 15 is 0 Å². The van der Waals surface area contributed by atoms with Crippen molar-refractivity contribution in [3.8, 4) is 0 Å². The van der Waals surface area contributed by atoms with E-state index in [-0.39, 0.29) is 6.04 Å². The molecule has 0 spiro atoms. The maximum atomic E-state index is 10.6. The van der Waals surface area contributed by atoms with Crippen LogP contribution in [0.3, 0.4) is 0 Å². The fourth-order valence-corrected chi connectivity index (χ4v) is 2.25. The zero-order chi connectivity index (χ0) is 7.84. The van der Waals surface area contributed by atoms with Gasteiger partial charge in [0.25, 0.3) is 0 Å². The monoisotopic (exact) mass is 151 g/mol. The third-order valence-electron chi connectivity index (χ3n) is 2.87. The number of nitrogens with one attached hydrogen (secondary N) is 1. The largest absolute Gasteiger partial charge is 0.304 e. The van der Waals surface area contributed by atoms with Gasteiger partial charge in [-0.3, -0.25) is 0 Å². The molecule has 0 radical (unpaired) electrons. The number of hydrogen-bond acceptors (Lipinski definition) is 2. The van der Waals surface area contributed by atoms with Crippen LogP contribution in [0.4, 0.5) is 0 Å². The van der Waals surface area contributed by atoms with Crippen LogP contribution in [0.2, 0.25) is 0 Å². The maximum Gasteiger partial charge on any atom is 0.137 e. The summed E-state index contributed by atoms with van der Waals surface area (Å²) >= 11 is 0. The lowest BCUT2D eigenvalue weighted by atomic mass is 9.74. The van der Waals surface area contributed by atoms with Crippen molar-refractivity contribution in [1.82, 2.24) is 5.32 Å². The zero-order valence-electron chi connectivity index (χ0n) is 6.55. The predicted molar refractivity (Wildman–Crippen MR) is 43.3 cm³/mol. The minimum absolute atomic E-state index is 0.0648. The average molecular weight is 151 g/mol. The summed E-state index contributed by atoms with van der Waals surface area (Å²) in [5, 5.41) is 3.30. The molecule has 0 aromatic carbocycles. The van der Waals surface area contributed by atoms with Crippen LogP contribution in [0, 0.1) is 5.92 Å². The first-order valence-electron chi connectivity index (χ1n) is 4.20. The van der Waals surface area contributed by atoms with E-state index < -0.39 is 0 Å². The molecule has 1 aliphatic carbocycles. The van der Waals surface area contributed by atoms with Gasteiger partial charge in [0.1, 0.15) is 6.29 Å². The Balaban J connectivity index is 2.19. The summed E-state index contributed by atoms with van der Waals surface area (Å²) in [5.41, 5.74) is 1.28. The highest BCUT2D eigenvalue weighted by Crippen LogP contribution is 2.35. The second kappa shape index (κ2) is 2.45. The van der Waals surface area contributed by atoms with Crippen LogP contribution in [0.5, 0.6) is 0 Å². The van der Waals surface area contributed by atoms with Crippen LogP contribution in [0.1, 0.15) is 19.3 Å².